The second-order valence-corrected chi connectivity index (χ2v) is 5.42. The lowest BCUT2D eigenvalue weighted by Crippen LogP contribution is -2.24. The van der Waals surface area contributed by atoms with Crippen molar-refractivity contribution in [2.45, 2.75) is 58.3 Å². The van der Waals surface area contributed by atoms with Gasteiger partial charge in [0.05, 0.1) is 11.6 Å². The molecule has 0 bridgehead atoms. The van der Waals surface area contributed by atoms with Gasteiger partial charge in [-0.15, -0.1) is 0 Å². The molecular formula is C18H26N2O. The normalized spacial score (nSPS) is 10.1. The monoisotopic (exact) mass is 286 g/mol. The lowest BCUT2D eigenvalue weighted by molar-refractivity contribution is 0.0953. The van der Waals surface area contributed by atoms with Crippen molar-refractivity contribution in [2.75, 3.05) is 6.54 Å². The highest BCUT2D eigenvalue weighted by Gasteiger charge is 2.04. The van der Waals surface area contributed by atoms with E-state index in [1.807, 2.05) is 6.07 Å². The summed E-state index contributed by atoms with van der Waals surface area (Å²) in [6.07, 6.45) is 10.1. The summed E-state index contributed by atoms with van der Waals surface area (Å²) in [6.45, 7) is 2.96. The highest BCUT2D eigenvalue weighted by atomic mass is 16.1. The quantitative estimate of drug-likeness (QED) is 0.647. The van der Waals surface area contributed by atoms with Gasteiger partial charge in [0.25, 0.3) is 5.91 Å². The fourth-order valence-corrected chi connectivity index (χ4v) is 2.26. The van der Waals surface area contributed by atoms with Crippen LogP contribution in [0.4, 0.5) is 0 Å². The second-order valence-electron chi connectivity index (χ2n) is 5.42. The van der Waals surface area contributed by atoms with Crippen LogP contribution in [0, 0.1) is 11.3 Å². The smallest absolute Gasteiger partial charge is 0.251 e. The Morgan fingerprint density at radius 3 is 2.14 bits per heavy atom. The average Bonchev–Trinajstić information content (AvgIpc) is 2.53. The summed E-state index contributed by atoms with van der Waals surface area (Å²) in [4.78, 5) is 11.9. The van der Waals surface area contributed by atoms with Crippen LogP contribution in [0.3, 0.4) is 0 Å². The molecule has 0 radical (unpaired) electrons. The third-order valence-electron chi connectivity index (χ3n) is 3.59. The summed E-state index contributed by atoms with van der Waals surface area (Å²) in [5.41, 5.74) is 1.20. The fourth-order valence-electron chi connectivity index (χ4n) is 2.26. The molecule has 0 fully saturated rings. The number of nitrogens with zero attached hydrogens (tertiary/aromatic N) is 1. The maximum absolute atomic E-state index is 11.9. The lowest BCUT2D eigenvalue weighted by Gasteiger charge is -2.05. The second kappa shape index (κ2) is 10.9. The minimum Gasteiger partial charge on any atom is -0.352 e. The Kier molecular flexibility index (Phi) is 8.95. The molecule has 0 saturated carbocycles. The van der Waals surface area contributed by atoms with Crippen molar-refractivity contribution in [1.82, 2.24) is 5.32 Å². The Morgan fingerprint density at radius 1 is 1.00 bits per heavy atom. The fraction of sp³-hybridized carbons (Fsp3) is 0.556. The minimum atomic E-state index is -0.0533. The van der Waals surface area contributed by atoms with Crippen molar-refractivity contribution in [1.29, 1.82) is 5.26 Å². The van der Waals surface area contributed by atoms with Gasteiger partial charge in [-0.05, 0) is 30.7 Å². The van der Waals surface area contributed by atoms with E-state index in [1.54, 1.807) is 24.3 Å². The molecule has 114 valence electrons. The molecule has 1 amide bonds. The third-order valence-corrected chi connectivity index (χ3v) is 3.59. The Morgan fingerprint density at radius 2 is 1.57 bits per heavy atom. The van der Waals surface area contributed by atoms with Crippen LogP contribution in [0.15, 0.2) is 24.3 Å². The molecule has 0 heterocycles. The number of rotatable bonds is 10. The summed E-state index contributed by atoms with van der Waals surface area (Å²) in [7, 11) is 0. The van der Waals surface area contributed by atoms with E-state index in [4.69, 9.17) is 5.26 Å². The lowest BCUT2D eigenvalue weighted by atomic mass is 10.1. The summed E-state index contributed by atoms with van der Waals surface area (Å²) in [5.74, 6) is -0.0533. The molecule has 0 unspecified atom stereocenters. The number of unbranched alkanes of at least 4 members (excludes halogenated alkanes) is 7. The molecule has 0 spiro atoms. The topological polar surface area (TPSA) is 52.9 Å². The van der Waals surface area contributed by atoms with Gasteiger partial charge in [0.2, 0.25) is 0 Å². The number of benzene rings is 1. The third kappa shape index (κ3) is 7.51. The van der Waals surface area contributed by atoms with Crippen LogP contribution in [0.2, 0.25) is 0 Å². The van der Waals surface area contributed by atoms with Crippen LogP contribution < -0.4 is 5.32 Å². The van der Waals surface area contributed by atoms with Crippen LogP contribution in [-0.4, -0.2) is 12.5 Å². The first kappa shape index (κ1) is 17.2. The van der Waals surface area contributed by atoms with Crippen LogP contribution in [0.25, 0.3) is 0 Å². The van der Waals surface area contributed by atoms with Crippen LogP contribution in [0.5, 0.6) is 0 Å². The van der Waals surface area contributed by atoms with E-state index in [0.717, 1.165) is 13.0 Å². The molecule has 3 nitrogen and oxygen atoms in total. The predicted molar refractivity (Wildman–Crippen MR) is 86.1 cm³/mol. The largest absolute Gasteiger partial charge is 0.352 e. The molecule has 3 heteroatoms. The van der Waals surface area contributed by atoms with E-state index < -0.39 is 0 Å². The van der Waals surface area contributed by atoms with Crippen LogP contribution in [-0.2, 0) is 0 Å². The zero-order chi connectivity index (χ0) is 15.3. The minimum absolute atomic E-state index is 0.0533. The molecule has 1 aromatic carbocycles. The van der Waals surface area contributed by atoms with Crippen molar-refractivity contribution in [3.63, 3.8) is 0 Å². The van der Waals surface area contributed by atoms with Crippen molar-refractivity contribution >= 4 is 5.91 Å². The summed E-state index contributed by atoms with van der Waals surface area (Å²) in [5, 5.41) is 11.6. The molecule has 0 saturated heterocycles. The molecular weight excluding hydrogens is 260 g/mol. The number of carbonyl (C=O) groups excluding carboxylic acids is 1. The van der Waals surface area contributed by atoms with Gasteiger partial charge < -0.3 is 5.32 Å². The molecule has 1 aromatic rings. The summed E-state index contributed by atoms with van der Waals surface area (Å²) in [6, 6.07) is 8.78. The average molecular weight is 286 g/mol. The Bertz CT molecular complexity index is 445. The SMILES string of the molecule is CCCCCCCCCCNC(=O)c1ccc(C#N)cc1. The van der Waals surface area contributed by atoms with Gasteiger partial charge in [-0.1, -0.05) is 51.9 Å². The standard InChI is InChI=1S/C18H26N2O/c1-2-3-4-5-6-7-8-9-14-20-18(21)17-12-10-16(15-19)11-13-17/h10-13H,2-9,14H2,1H3,(H,20,21). The molecule has 0 atom stereocenters. The number of hydrogen-bond acceptors (Lipinski definition) is 2. The number of nitrogens with one attached hydrogen (secondary N) is 1. The first-order valence-electron chi connectivity index (χ1n) is 8.06. The van der Waals surface area contributed by atoms with E-state index in [9.17, 15) is 4.79 Å². The van der Waals surface area contributed by atoms with E-state index in [1.165, 1.54) is 44.9 Å². The van der Waals surface area contributed by atoms with E-state index >= 15 is 0 Å². The van der Waals surface area contributed by atoms with Gasteiger partial charge in [0, 0.05) is 12.1 Å². The number of carbonyl (C=O) groups is 1. The highest BCUT2D eigenvalue weighted by Crippen LogP contribution is 2.08. The van der Waals surface area contributed by atoms with Gasteiger partial charge in [0.1, 0.15) is 0 Å². The van der Waals surface area contributed by atoms with Gasteiger partial charge in [-0.25, -0.2) is 0 Å². The maximum atomic E-state index is 11.9. The van der Waals surface area contributed by atoms with E-state index in [2.05, 4.69) is 12.2 Å². The van der Waals surface area contributed by atoms with Crippen molar-refractivity contribution < 1.29 is 4.79 Å². The zero-order valence-electron chi connectivity index (χ0n) is 13.0. The first-order valence-corrected chi connectivity index (χ1v) is 8.06. The van der Waals surface area contributed by atoms with Crippen LogP contribution >= 0.6 is 0 Å². The molecule has 21 heavy (non-hydrogen) atoms. The van der Waals surface area contributed by atoms with Crippen LogP contribution in [0.1, 0.15) is 74.2 Å². The molecule has 1 rings (SSSR count). The molecule has 0 aromatic heterocycles. The first-order chi connectivity index (χ1) is 10.3. The van der Waals surface area contributed by atoms with E-state index in [0.29, 0.717) is 11.1 Å². The molecule has 0 aliphatic rings. The summed E-state index contributed by atoms with van der Waals surface area (Å²) >= 11 is 0. The van der Waals surface area contributed by atoms with Crippen molar-refractivity contribution in [2.24, 2.45) is 0 Å². The van der Waals surface area contributed by atoms with Crippen molar-refractivity contribution in [3.05, 3.63) is 35.4 Å². The Hall–Kier alpha value is -1.82. The van der Waals surface area contributed by atoms with Gasteiger partial charge in [0.15, 0.2) is 0 Å². The molecule has 0 aliphatic carbocycles. The zero-order valence-corrected chi connectivity index (χ0v) is 13.0. The van der Waals surface area contributed by atoms with Gasteiger partial charge in [-0.2, -0.15) is 5.26 Å². The molecule has 0 aliphatic heterocycles. The Balaban J connectivity index is 2.07. The van der Waals surface area contributed by atoms with Crippen molar-refractivity contribution in [3.8, 4) is 6.07 Å². The number of nitriles is 1. The Labute approximate surface area is 128 Å². The summed E-state index contributed by atoms with van der Waals surface area (Å²) < 4.78 is 0. The van der Waals surface area contributed by atoms with Gasteiger partial charge in [-0.3, -0.25) is 4.79 Å². The highest BCUT2D eigenvalue weighted by molar-refractivity contribution is 5.94. The van der Waals surface area contributed by atoms with Gasteiger partial charge >= 0.3 is 0 Å². The van der Waals surface area contributed by atoms with E-state index in [-0.39, 0.29) is 5.91 Å². The predicted octanol–water partition coefficient (Wildman–Crippen LogP) is 4.43. The number of hydrogen-bond donors (Lipinski definition) is 1. The molecule has 1 N–H and O–H groups in total. The maximum Gasteiger partial charge on any atom is 0.251 e. The number of amides is 1.